The normalized spacial score (nSPS) is 14.7. The second kappa shape index (κ2) is 10.8. The molecular weight excluding hydrogens is 593 g/mol. The number of halogens is 17. The van der Waals surface area contributed by atoms with E-state index >= 15 is 0 Å². The molecule has 0 atom stereocenters. The number of alkyl carbamates (subject to hydrolysis) is 1. The number of carbonyl (C=O) groups excluding carboxylic acids is 2. The lowest BCUT2D eigenvalue weighted by molar-refractivity contribution is -0.461. The van der Waals surface area contributed by atoms with E-state index in [1.54, 1.807) is 5.32 Å². The van der Waals surface area contributed by atoms with E-state index in [-0.39, 0.29) is 0 Å². The van der Waals surface area contributed by atoms with Crippen LogP contribution in [0.25, 0.3) is 0 Å². The van der Waals surface area contributed by atoms with Crippen molar-refractivity contribution in [3.05, 3.63) is 12.7 Å². The second-order valence-corrected chi connectivity index (χ2v) is 6.83. The maximum Gasteiger partial charge on any atom is 0.460 e. The molecule has 0 aliphatic heterocycles. The van der Waals surface area contributed by atoms with Crippen molar-refractivity contribution in [3.63, 3.8) is 0 Å². The molecule has 0 fully saturated rings. The summed E-state index contributed by atoms with van der Waals surface area (Å²) in [4.78, 5) is 21.8. The molecule has 0 saturated carbocycles. The zero-order valence-electron chi connectivity index (χ0n) is 17.7. The molecule has 0 aromatic rings. The summed E-state index contributed by atoms with van der Waals surface area (Å²) in [6.07, 6.45) is -11.9. The van der Waals surface area contributed by atoms with Crippen molar-refractivity contribution in [1.82, 2.24) is 5.32 Å². The smallest absolute Gasteiger partial charge is 0.460 e. The lowest BCUT2D eigenvalue weighted by Crippen LogP contribution is -2.74. The Kier molecular flexibility index (Phi) is 10.0. The Morgan fingerprint density at radius 1 is 0.605 bits per heavy atom. The second-order valence-electron chi connectivity index (χ2n) is 6.83. The van der Waals surface area contributed by atoms with Crippen molar-refractivity contribution in [2.24, 2.45) is 0 Å². The van der Waals surface area contributed by atoms with Gasteiger partial charge in [-0.05, 0) is 0 Å². The molecule has 0 radical (unpaired) electrons. The van der Waals surface area contributed by atoms with Crippen molar-refractivity contribution in [2.75, 3.05) is 19.8 Å². The average molecular weight is 605 g/mol. The highest BCUT2D eigenvalue weighted by Gasteiger charge is 2.95. The average Bonchev–Trinajstić information content (AvgIpc) is 2.74. The summed E-state index contributed by atoms with van der Waals surface area (Å²) in [7, 11) is 0. The van der Waals surface area contributed by atoms with Crippen LogP contribution in [-0.2, 0) is 14.3 Å². The SMILES string of the molecule is C=CC(=O)OCCNC(=O)OCCC(F)(F)C(F)(F)C(F)(F)C(F)(F)C(F)(F)C(F)(F)C(F)(F)C(F)(F)F. The standard InChI is InChI=1S/C16H12F17NO4/c1-2-7(35)37-6-4-34-8(36)38-5-3-9(17,18)10(19,20)11(21,22)12(23,24)13(25,26)14(27,28)15(29,30)16(31,32)33/h2H,1,3-6H2,(H,34,36). The zero-order valence-corrected chi connectivity index (χ0v) is 17.7. The summed E-state index contributed by atoms with van der Waals surface area (Å²) in [6, 6.07) is 0. The maximum atomic E-state index is 13.6. The first-order chi connectivity index (χ1) is 16.6. The first-order valence-corrected chi connectivity index (χ1v) is 9.01. The van der Waals surface area contributed by atoms with Crippen molar-refractivity contribution in [2.45, 2.75) is 54.1 Å². The number of rotatable bonds is 13. The van der Waals surface area contributed by atoms with Gasteiger partial charge in [0.05, 0.1) is 19.6 Å². The van der Waals surface area contributed by atoms with E-state index in [0.29, 0.717) is 6.08 Å². The molecule has 0 saturated heterocycles. The van der Waals surface area contributed by atoms with Crippen molar-refractivity contribution in [3.8, 4) is 0 Å². The third kappa shape index (κ3) is 5.96. The summed E-state index contributed by atoms with van der Waals surface area (Å²) in [5.41, 5.74) is 0. The Balaban J connectivity index is 5.80. The largest absolute Gasteiger partial charge is 0.461 e. The number of carbonyl (C=O) groups is 2. The van der Waals surface area contributed by atoms with E-state index in [1.807, 2.05) is 0 Å². The Bertz CT molecular complexity index is 869. The van der Waals surface area contributed by atoms with Crippen LogP contribution in [0.5, 0.6) is 0 Å². The van der Waals surface area contributed by atoms with Gasteiger partial charge in [0, 0.05) is 6.08 Å². The number of amides is 1. The summed E-state index contributed by atoms with van der Waals surface area (Å²) >= 11 is 0. The maximum absolute atomic E-state index is 13.6. The van der Waals surface area contributed by atoms with Gasteiger partial charge >= 0.3 is 59.7 Å². The van der Waals surface area contributed by atoms with Gasteiger partial charge in [-0.1, -0.05) is 6.58 Å². The van der Waals surface area contributed by atoms with E-state index in [9.17, 15) is 84.2 Å². The predicted molar refractivity (Wildman–Crippen MR) is 85.8 cm³/mol. The van der Waals surface area contributed by atoms with Crippen LogP contribution < -0.4 is 5.32 Å². The van der Waals surface area contributed by atoms with Crippen LogP contribution in [0.1, 0.15) is 6.42 Å². The molecule has 0 bridgehead atoms. The van der Waals surface area contributed by atoms with Gasteiger partial charge in [-0.15, -0.1) is 0 Å². The molecule has 224 valence electrons. The summed E-state index contributed by atoms with van der Waals surface area (Å²) in [5.74, 6) is -58.2. The van der Waals surface area contributed by atoms with Crippen LogP contribution in [-0.4, -0.2) is 79.5 Å². The molecule has 0 aromatic carbocycles. The molecule has 1 amide bonds. The van der Waals surface area contributed by atoms with Crippen LogP contribution in [0.4, 0.5) is 79.4 Å². The fourth-order valence-electron chi connectivity index (χ4n) is 2.04. The summed E-state index contributed by atoms with van der Waals surface area (Å²) in [5, 5.41) is 1.59. The van der Waals surface area contributed by atoms with Gasteiger partial charge in [-0.25, -0.2) is 9.59 Å². The number of hydrogen-bond acceptors (Lipinski definition) is 4. The summed E-state index contributed by atoms with van der Waals surface area (Å²) < 4.78 is 231. The van der Waals surface area contributed by atoms with Gasteiger partial charge < -0.3 is 14.8 Å². The Morgan fingerprint density at radius 2 is 1.00 bits per heavy atom. The van der Waals surface area contributed by atoms with Crippen LogP contribution in [0.3, 0.4) is 0 Å². The molecule has 22 heteroatoms. The molecule has 0 spiro atoms. The highest BCUT2D eigenvalue weighted by Crippen LogP contribution is 2.64. The van der Waals surface area contributed by atoms with Gasteiger partial charge in [0.1, 0.15) is 6.61 Å². The van der Waals surface area contributed by atoms with Gasteiger partial charge in [0.15, 0.2) is 0 Å². The van der Waals surface area contributed by atoms with Gasteiger partial charge in [-0.3, -0.25) is 0 Å². The van der Waals surface area contributed by atoms with Gasteiger partial charge in [0.25, 0.3) is 0 Å². The quantitative estimate of drug-likeness (QED) is 0.124. The monoisotopic (exact) mass is 605 g/mol. The third-order valence-corrected chi connectivity index (χ3v) is 4.22. The topological polar surface area (TPSA) is 64.6 Å². The summed E-state index contributed by atoms with van der Waals surface area (Å²) in [6.45, 7) is -0.412. The number of esters is 1. The number of ether oxygens (including phenoxy) is 2. The fourth-order valence-corrected chi connectivity index (χ4v) is 2.04. The van der Waals surface area contributed by atoms with Crippen LogP contribution in [0.2, 0.25) is 0 Å². The van der Waals surface area contributed by atoms with E-state index in [4.69, 9.17) is 0 Å². The highest BCUT2D eigenvalue weighted by molar-refractivity contribution is 5.81. The molecule has 0 unspecified atom stereocenters. The van der Waals surface area contributed by atoms with Crippen LogP contribution in [0, 0.1) is 0 Å². The molecule has 0 rings (SSSR count). The third-order valence-electron chi connectivity index (χ3n) is 4.22. The van der Waals surface area contributed by atoms with Crippen molar-refractivity contribution >= 4 is 12.1 Å². The van der Waals surface area contributed by atoms with Crippen LogP contribution >= 0.6 is 0 Å². The first-order valence-electron chi connectivity index (χ1n) is 9.01. The Morgan fingerprint density at radius 3 is 1.39 bits per heavy atom. The first kappa shape index (κ1) is 35.3. The highest BCUT2D eigenvalue weighted by atomic mass is 19.4. The minimum absolute atomic E-state index is 0.623. The van der Waals surface area contributed by atoms with Crippen molar-refractivity contribution in [1.29, 1.82) is 0 Å². The fraction of sp³-hybridized carbons (Fsp3) is 0.750. The predicted octanol–water partition coefficient (Wildman–Crippen LogP) is 5.84. The van der Waals surface area contributed by atoms with Crippen molar-refractivity contribution < 1.29 is 93.7 Å². The van der Waals surface area contributed by atoms with E-state index < -0.39 is 85.9 Å². The minimum Gasteiger partial charge on any atom is -0.461 e. The molecule has 0 aromatic heterocycles. The van der Waals surface area contributed by atoms with Gasteiger partial charge in [-0.2, -0.15) is 74.6 Å². The molecule has 0 heterocycles. The van der Waals surface area contributed by atoms with Gasteiger partial charge in [0.2, 0.25) is 0 Å². The van der Waals surface area contributed by atoms with E-state index in [2.05, 4.69) is 16.1 Å². The molecule has 5 nitrogen and oxygen atoms in total. The Hall–Kier alpha value is -2.71. The molecule has 0 aliphatic carbocycles. The van der Waals surface area contributed by atoms with E-state index in [0.717, 1.165) is 0 Å². The Labute approximate surface area is 198 Å². The number of nitrogens with one attached hydrogen (secondary N) is 1. The molecule has 38 heavy (non-hydrogen) atoms. The lowest BCUT2D eigenvalue weighted by Gasteiger charge is -2.42. The molecule has 1 N–H and O–H groups in total. The molecule has 0 aliphatic rings. The van der Waals surface area contributed by atoms with E-state index in [1.165, 1.54) is 0 Å². The van der Waals surface area contributed by atoms with Crippen LogP contribution in [0.15, 0.2) is 12.7 Å². The minimum atomic E-state index is -8.71. The molecular formula is C16H12F17NO4. The zero-order chi connectivity index (χ0) is 30.8. The number of alkyl halides is 17. The lowest BCUT2D eigenvalue weighted by atomic mass is 9.88. The number of hydrogen-bond donors (Lipinski definition) is 1.